The highest BCUT2D eigenvalue weighted by Crippen LogP contribution is 2.45. The molecule has 5 aliphatic rings. The summed E-state index contributed by atoms with van der Waals surface area (Å²) in [6.45, 7) is 5.52. The Balaban J connectivity index is 0.772. The molecule has 4 aliphatic heterocycles. The first-order chi connectivity index (χ1) is 51.1. The quantitative estimate of drug-likeness (QED) is 0.0206. The second-order valence-corrected chi connectivity index (χ2v) is 28.7. The summed E-state index contributed by atoms with van der Waals surface area (Å²) in [6, 6.07) is 14.9. The Morgan fingerprint density at radius 1 is 0.869 bits per heavy atom. The molecular formula is C74H98ClN9O22S. The van der Waals surface area contributed by atoms with Crippen molar-refractivity contribution < 1.29 is 106 Å². The number of hydrogen-bond acceptors (Lipinski definition) is 23. The molecule has 4 bridgehead atoms. The maximum Gasteiger partial charge on any atom is 0.410 e. The number of fused-ring (bicyclic) bond motifs is 7. The minimum absolute atomic E-state index is 0.0118. The van der Waals surface area contributed by atoms with E-state index in [1.54, 1.807) is 44.4 Å². The number of nitrogens with zero attached hydrogens (tertiary/aromatic N) is 4. The van der Waals surface area contributed by atoms with Gasteiger partial charge in [0.15, 0.2) is 5.72 Å². The van der Waals surface area contributed by atoms with E-state index in [2.05, 4.69) is 26.6 Å². The van der Waals surface area contributed by atoms with Crippen molar-refractivity contribution in [2.75, 3.05) is 119 Å². The molecule has 8 rings (SSSR count). The van der Waals surface area contributed by atoms with Gasteiger partial charge in [0, 0.05) is 103 Å². The molecule has 4 heterocycles. The van der Waals surface area contributed by atoms with Gasteiger partial charge in [-0.15, -0.1) is 11.8 Å². The summed E-state index contributed by atoms with van der Waals surface area (Å²) in [5.74, 6) is -8.19. The number of amides is 10. The van der Waals surface area contributed by atoms with Crippen LogP contribution in [0.3, 0.4) is 0 Å². The van der Waals surface area contributed by atoms with E-state index in [4.69, 9.17) is 49.5 Å². The monoisotopic (exact) mass is 1530 g/mol. The number of ether oxygens (including phenoxy) is 8. The number of alkyl carbamates (subject to hydrolysis) is 1. The van der Waals surface area contributed by atoms with Crippen molar-refractivity contribution >= 4 is 94.5 Å². The molecule has 8 N–H and O–H groups in total. The van der Waals surface area contributed by atoms with Gasteiger partial charge in [-0.25, -0.2) is 14.4 Å². The number of carbonyl (C=O) groups is 11. The Labute approximate surface area is 630 Å². The van der Waals surface area contributed by atoms with Gasteiger partial charge in [-0.05, 0) is 66.6 Å². The second kappa shape index (κ2) is 39.4. The Hall–Kier alpha value is -8.73. The van der Waals surface area contributed by atoms with Gasteiger partial charge in [0.25, 0.3) is 0 Å². The molecule has 0 spiro atoms. The number of benzene rings is 3. The minimum atomic E-state index is -2.00. The predicted molar refractivity (Wildman–Crippen MR) is 390 cm³/mol. The number of halogens is 1. The second-order valence-electron chi connectivity index (χ2n) is 27.0. The van der Waals surface area contributed by atoms with Crippen molar-refractivity contribution in [3.63, 3.8) is 0 Å². The first kappa shape index (κ1) is 83.9. The number of imide groups is 1. The molecule has 10 amide bonds. The van der Waals surface area contributed by atoms with E-state index in [1.165, 1.54) is 52.0 Å². The lowest BCUT2D eigenvalue weighted by Crippen LogP contribution is -2.64. The third-order valence-electron chi connectivity index (χ3n) is 19.7. The molecule has 3 saturated heterocycles. The van der Waals surface area contributed by atoms with Gasteiger partial charge in [0.05, 0.1) is 70.2 Å². The first-order valence-corrected chi connectivity index (χ1v) is 36.9. The van der Waals surface area contributed by atoms with Gasteiger partial charge in [-0.1, -0.05) is 97.8 Å². The fraction of sp³-hybridized carbons (Fsp3) is 0.554. The maximum atomic E-state index is 14.4. The lowest BCUT2D eigenvalue weighted by molar-refractivity contribution is -0.167. The van der Waals surface area contributed by atoms with Crippen LogP contribution in [-0.4, -0.2) is 269 Å². The van der Waals surface area contributed by atoms with E-state index in [9.17, 15) is 68.1 Å². The fourth-order valence-corrected chi connectivity index (χ4v) is 14.8. The van der Waals surface area contributed by atoms with Crippen molar-refractivity contribution in [1.29, 1.82) is 0 Å². The zero-order valence-corrected chi connectivity index (χ0v) is 63.1. The van der Waals surface area contributed by atoms with Crippen LogP contribution in [0.5, 0.6) is 5.75 Å². The summed E-state index contributed by atoms with van der Waals surface area (Å²) in [6.07, 6.45) is -2.70. The summed E-state index contributed by atoms with van der Waals surface area (Å²) >= 11 is 7.78. The molecule has 3 aromatic carbocycles. The van der Waals surface area contributed by atoms with Crippen LogP contribution >= 0.6 is 23.4 Å². The summed E-state index contributed by atoms with van der Waals surface area (Å²) in [4.78, 5) is 153. The highest BCUT2D eigenvalue weighted by atomic mass is 35.5. The van der Waals surface area contributed by atoms with Crippen molar-refractivity contribution in [3.05, 3.63) is 106 Å². The molecule has 0 saturated carbocycles. The topological polar surface area (TPSA) is 395 Å². The normalized spacial score (nSPS) is 24.5. The number of nitrogens with one attached hydrogen (secondary N) is 5. The molecule has 0 radical (unpaired) electrons. The number of aliphatic hydroxyl groups is 3. The number of methoxy groups -OCH3 is 3. The van der Waals surface area contributed by atoms with Gasteiger partial charge in [0.1, 0.15) is 60.4 Å². The number of likely N-dealkylation sites (N-methyl/N-ethyl adjacent to an activating group) is 1. The summed E-state index contributed by atoms with van der Waals surface area (Å²) in [5, 5.41) is 46.0. The molecule has 31 nitrogen and oxygen atoms in total. The summed E-state index contributed by atoms with van der Waals surface area (Å²) < 4.78 is 44.9. The molecule has 12 atom stereocenters. The van der Waals surface area contributed by atoms with Gasteiger partial charge < -0.3 is 84.3 Å². The Morgan fingerprint density at radius 3 is 2.22 bits per heavy atom. The Kier molecular flexibility index (Phi) is 30.9. The van der Waals surface area contributed by atoms with E-state index in [0.29, 0.717) is 30.1 Å². The van der Waals surface area contributed by atoms with Crippen LogP contribution < -0.4 is 36.2 Å². The van der Waals surface area contributed by atoms with Crippen LogP contribution in [0.1, 0.15) is 88.8 Å². The number of likely N-dealkylation sites (tertiary alicyclic amines) is 2. The number of esters is 1. The molecule has 3 fully saturated rings. The summed E-state index contributed by atoms with van der Waals surface area (Å²) in [7, 11) is 7.15. The van der Waals surface area contributed by atoms with Gasteiger partial charge in [0.2, 0.25) is 47.3 Å². The van der Waals surface area contributed by atoms with E-state index < -0.39 is 156 Å². The van der Waals surface area contributed by atoms with E-state index >= 15 is 0 Å². The smallest absolute Gasteiger partial charge is 0.410 e. The molecule has 33 heteroatoms. The van der Waals surface area contributed by atoms with Crippen LogP contribution in [0.15, 0.2) is 84.5 Å². The zero-order chi connectivity index (χ0) is 77.8. The van der Waals surface area contributed by atoms with E-state index in [1.807, 2.05) is 55.5 Å². The van der Waals surface area contributed by atoms with Crippen molar-refractivity contribution in [1.82, 2.24) is 41.3 Å². The number of anilines is 1. The van der Waals surface area contributed by atoms with Crippen molar-refractivity contribution in [2.24, 2.45) is 11.8 Å². The molecule has 0 aromatic heterocycles. The van der Waals surface area contributed by atoms with E-state index in [0.717, 1.165) is 44.5 Å². The average molecular weight is 1530 g/mol. The van der Waals surface area contributed by atoms with Crippen LogP contribution in [-0.2, 0) is 82.7 Å². The Morgan fingerprint density at radius 2 is 1.55 bits per heavy atom. The molecule has 3 aromatic rings. The standard InChI is InChI=1S/C74H98ClN9O22S/c1-42-15-14-20-60(101-9)74(98)37-58(106-72(96)80-74)44(3)67(91)43(2)56(35-64(89)82(6)54-32-46(31-42)33-57(100-8)66(54)75)105-71(95)45(4)81(5)63(88)22-30-107-59-36-65(90)84(70(59)94)39-62(87)79-53(40-85)68(92)76-23-26-102-25-21-61(86)78-47-34-55(69(93)77-24-27-103-29-28-99-7)83(38-47)73(97)104-41-52-50-18-12-10-16-48(50)49-17-11-13-19-51(49)52/h10-20,32-33,43-45,47,52-53,55-56,58-60,67,85,91,98H,21-31,34-41H2,1-9H3,(H,76,92)(H,77,93)(H,78,86)(H,79,87)(H,80,96)/b20-14+,42-15+/t43-,44-,45+,47?,53?,55?,56+,58+,59?,60-,67-,74+/m1/s1. The van der Waals surface area contributed by atoms with Crippen LogP contribution in [0, 0.1) is 11.8 Å². The molecule has 4 unspecified atom stereocenters. The largest absolute Gasteiger partial charge is 0.495 e. The highest BCUT2D eigenvalue weighted by molar-refractivity contribution is 8.00. The highest BCUT2D eigenvalue weighted by Gasteiger charge is 2.50. The third-order valence-corrected chi connectivity index (χ3v) is 21.3. The average Bonchev–Trinajstić information content (AvgIpc) is 1.68. The van der Waals surface area contributed by atoms with Crippen molar-refractivity contribution in [3.8, 4) is 16.9 Å². The van der Waals surface area contributed by atoms with Gasteiger partial charge >= 0.3 is 18.2 Å². The van der Waals surface area contributed by atoms with Crippen LogP contribution in [0.4, 0.5) is 15.3 Å². The minimum Gasteiger partial charge on any atom is -0.495 e. The van der Waals surface area contributed by atoms with Crippen molar-refractivity contribution in [2.45, 2.75) is 138 Å². The number of carbonyl (C=O) groups excluding carboxylic acids is 11. The number of allylic oxidation sites excluding steroid dienone is 3. The maximum absolute atomic E-state index is 14.4. The number of aliphatic hydroxyl groups excluding tert-OH is 2. The lowest BCUT2D eigenvalue weighted by Gasteiger charge is -2.43. The lowest BCUT2D eigenvalue weighted by atomic mass is 9.81. The molecule has 1 aliphatic carbocycles. The molecule has 584 valence electrons. The molecule has 107 heavy (non-hydrogen) atoms. The summed E-state index contributed by atoms with van der Waals surface area (Å²) in [5.41, 5.74) is 3.96. The van der Waals surface area contributed by atoms with E-state index in [-0.39, 0.29) is 106 Å². The zero-order valence-electron chi connectivity index (χ0n) is 61.5. The number of rotatable bonds is 30. The van der Waals surface area contributed by atoms with Gasteiger partial charge in [-0.2, -0.15) is 0 Å². The van der Waals surface area contributed by atoms with Crippen LogP contribution in [0.25, 0.3) is 11.1 Å². The SMILES string of the molecule is COCCOCCNC(=O)C1CC(NC(=O)CCOCCNC(=O)C(CO)NC(=O)CN2C(=O)CC(SCCC(=O)N(C)[C@@H](C)C(=O)O[C@H]3CC(=O)N(C)c4cc(cc(OC)c4Cl)C/C(C)=C/C=C/[C@@H](OC)[C@@]4(O)C[C@H](OC(=O)N4)[C@@H](C)[C@H](O)[C@@H]3C)C2=O)CN1C(=O)OCC1c2ccccc2-c2ccccc21. The number of hydrogen-bond donors (Lipinski definition) is 8. The number of thioether (sulfide) groups is 1. The molecular weight excluding hydrogens is 1430 g/mol. The third kappa shape index (κ3) is 21.8. The van der Waals surface area contributed by atoms with Crippen LogP contribution in [0.2, 0.25) is 5.02 Å². The Bertz CT molecular complexity index is 3730. The van der Waals surface area contributed by atoms with Gasteiger partial charge in [-0.3, -0.25) is 53.5 Å². The fourth-order valence-electron chi connectivity index (χ4n) is 13.4. The first-order valence-electron chi connectivity index (χ1n) is 35.4. The predicted octanol–water partition coefficient (Wildman–Crippen LogP) is 2.89.